The number of aliphatic imine (C=N–C) groups is 1. The summed E-state index contributed by atoms with van der Waals surface area (Å²) in [6.45, 7) is -0.162. The molecule has 0 aromatic carbocycles. The number of primary amides is 1. The predicted octanol–water partition coefficient (Wildman–Crippen LogP) is -4.06. The molecule has 0 bridgehead atoms. The number of carbonyl (C=O) groups excluding carboxylic acids is 2. The molecular weight excluding hydrogens is 475 g/mol. The van der Waals surface area contributed by atoms with Crippen LogP contribution in [0.3, 0.4) is 0 Å². The van der Waals surface area contributed by atoms with Crippen LogP contribution in [0.15, 0.2) is 39.0 Å². The van der Waals surface area contributed by atoms with E-state index < -0.39 is 41.0 Å². The van der Waals surface area contributed by atoms with Crippen LogP contribution in [0.2, 0.25) is 0 Å². The predicted molar refractivity (Wildman–Crippen MR) is 109 cm³/mol. The first-order valence-corrected chi connectivity index (χ1v) is 10.4. The minimum Gasteiger partial charge on any atom is -0.857 e. The van der Waals surface area contributed by atoms with Crippen molar-refractivity contribution in [2.75, 3.05) is 18.1 Å². The van der Waals surface area contributed by atoms with Crippen molar-refractivity contribution in [1.82, 2.24) is 9.88 Å². The van der Waals surface area contributed by atoms with Gasteiger partial charge in [0.15, 0.2) is 11.2 Å². The summed E-state index contributed by atoms with van der Waals surface area (Å²) in [5.41, 5.74) is 9.94. The summed E-state index contributed by atoms with van der Waals surface area (Å²) in [4.78, 5) is 43.6. The Morgan fingerprint density at radius 3 is 2.75 bits per heavy atom. The number of ether oxygens (including phenoxy) is 1. The van der Waals surface area contributed by atoms with Crippen LogP contribution in [0.4, 0.5) is 9.93 Å². The van der Waals surface area contributed by atoms with Gasteiger partial charge in [0.05, 0.1) is 0 Å². The van der Waals surface area contributed by atoms with Crippen LogP contribution in [0, 0.1) is 0 Å². The third kappa shape index (κ3) is 5.24. The number of nitrogens with two attached hydrogens (primary N) is 2. The molecule has 0 unspecified atom stereocenters. The van der Waals surface area contributed by atoms with Crippen LogP contribution >= 0.6 is 23.1 Å². The summed E-state index contributed by atoms with van der Waals surface area (Å²) in [6.07, 6.45) is 1.83. The summed E-state index contributed by atoms with van der Waals surface area (Å²) >= 11 is 2.22. The molecule has 1 aromatic heterocycles. The second kappa shape index (κ2) is 10.8. The third-order valence-electron chi connectivity index (χ3n) is 4.14. The van der Waals surface area contributed by atoms with E-state index in [0.29, 0.717) is 5.57 Å². The molecule has 1 saturated heterocycles. The molecule has 16 heteroatoms. The van der Waals surface area contributed by atoms with E-state index in [4.69, 9.17) is 16.7 Å². The fraction of sp³-hybridized carbons (Fsp3) is 0.250. The molecule has 2 atom stereocenters. The Morgan fingerprint density at radius 1 is 1.47 bits per heavy atom. The first-order valence-electron chi connectivity index (χ1n) is 8.43. The smallest absolute Gasteiger partial charge is 0.857 e. The van der Waals surface area contributed by atoms with E-state index in [0.717, 1.165) is 16.2 Å². The Labute approximate surface area is 210 Å². The Balaban J connectivity index is 0.00000363. The number of carboxylic acid groups (broad SMARTS) is 1. The molecule has 164 valence electrons. The summed E-state index contributed by atoms with van der Waals surface area (Å²) in [5, 5.41) is 34.8. The van der Waals surface area contributed by atoms with Crippen molar-refractivity contribution < 1.29 is 64.1 Å². The quantitative estimate of drug-likeness (QED) is 0.0724. The number of hydrogen-bond acceptors (Lipinski definition) is 12. The number of oxime groups is 1. The summed E-state index contributed by atoms with van der Waals surface area (Å²) in [7, 11) is 0. The molecule has 0 saturated carbocycles. The maximum absolute atomic E-state index is 12.6. The first-order chi connectivity index (χ1) is 14.7. The summed E-state index contributed by atoms with van der Waals surface area (Å²) in [6, 6.07) is -1.15. The SMILES string of the molecule is NC(=O)OC/C=C/C1=C(C(=O)O)N2C(=O)[C@@H](N=C([O-])/C(=N/O)c3csc(N)n3)[C@H]2SC1.[Na+]. The molecular formula is C16H15N6NaO7S2. The number of carbonyl (C=O) groups is 3. The van der Waals surface area contributed by atoms with Gasteiger partial charge in [-0.05, 0) is 11.6 Å². The molecule has 1 fully saturated rings. The van der Waals surface area contributed by atoms with E-state index in [1.165, 1.54) is 29.3 Å². The van der Waals surface area contributed by atoms with Crippen LogP contribution in [-0.2, 0) is 14.3 Å². The normalized spacial score (nSPS) is 21.1. The number of aromatic nitrogens is 1. The van der Waals surface area contributed by atoms with Gasteiger partial charge in [-0.1, -0.05) is 11.2 Å². The number of thioether (sulfide) groups is 1. The van der Waals surface area contributed by atoms with E-state index in [1.807, 2.05) is 0 Å². The molecule has 2 amide bonds. The van der Waals surface area contributed by atoms with Gasteiger partial charge in [-0.3, -0.25) is 14.7 Å². The molecule has 0 spiro atoms. The Morgan fingerprint density at radius 2 is 2.19 bits per heavy atom. The van der Waals surface area contributed by atoms with Gasteiger partial charge >= 0.3 is 41.6 Å². The topological polar surface area (TPSA) is 217 Å². The Kier molecular flexibility index (Phi) is 8.68. The maximum Gasteiger partial charge on any atom is 1.00 e. The van der Waals surface area contributed by atoms with Gasteiger partial charge in [0.25, 0.3) is 5.91 Å². The zero-order valence-corrected chi connectivity index (χ0v) is 20.1. The molecule has 0 aliphatic carbocycles. The number of amides is 2. The minimum atomic E-state index is -1.34. The van der Waals surface area contributed by atoms with E-state index in [2.05, 4.69) is 19.9 Å². The van der Waals surface area contributed by atoms with E-state index in [1.54, 1.807) is 0 Å². The largest absolute Gasteiger partial charge is 1.00 e. The van der Waals surface area contributed by atoms with Gasteiger partial charge in [0.2, 0.25) is 0 Å². The van der Waals surface area contributed by atoms with Gasteiger partial charge in [0, 0.05) is 17.0 Å². The molecule has 6 N–H and O–H groups in total. The number of aliphatic carboxylic acids is 1. The number of thiazole rings is 1. The van der Waals surface area contributed by atoms with Crippen LogP contribution in [-0.4, -0.2) is 73.6 Å². The number of hydrogen-bond donors (Lipinski definition) is 4. The third-order valence-corrected chi connectivity index (χ3v) is 6.10. The number of fused-ring (bicyclic) bond motifs is 1. The van der Waals surface area contributed by atoms with E-state index >= 15 is 0 Å². The number of nitrogen functional groups attached to an aromatic ring is 1. The number of rotatable bonds is 7. The Hall–Kier alpha value is -2.59. The van der Waals surface area contributed by atoms with Crippen molar-refractivity contribution in [3.63, 3.8) is 0 Å². The van der Waals surface area contributed by atoms with E-state index in [9.17, 15) is 24.6 Å². The van der Waals surface area contributed by atoms with Crippen LogP contribution in [0.25, 0.3) is 0 Å². The molecule has 2 aliphatic rings. The average Bonchev–Trinajstić information content (AvgIpc) is 3.14. The van der Waals surface area contributed by atoms with Crippen molar-refractivity contribution in [3.05, 3.63) is 34.5 Å². The fourth-order valence-corrected chi connectivity index (χ4v) is 4.69. The van der Waals surface area contributed by atoms with Crippen molar-refractivity contribution in [2.24, 2.45) is 15.9 Å². The zero-order valence-electron chi connectivity index (χ0n) is 16.5. The molecule has 0 radical (unpaired) electrons. The second-order valence-corrected chi connectivity index (χ2v) is 8.01. The molecule has 3 rings (SSSR count). The molecule has 32 heavy (non-hydrogen) atoms. The zero-order chi connectivity index (χ0) is 22.7. The van der Waals surface area contributed by atoms with Gasteiger partial charge in [-0.25, -0.2) is 14.6 Å². The van der Waals surface area contributed by atoms with Crippen molar-refractivity contribution >= 4 is 57.8 Å². The van der Waals surface area contributed by atoms with Gasteiger partial charge in [0.1, 0.15) is 29.1 Å². The summed E-state index contributed by atoms with van der Waals surface area (Å²) in [5.74, 6) is -2.82. The Bertz CT molecular complexity index is 1050. The standard InChI is InChI=1S/C16H16N6O7S2.Na/c17-15-19-7(5-31-15)8(21-28)11(23)20-9-12(24)22-10(14(25)26)6(4-30-13(9)22)2-1-3-29-16(18)27;/h1-2,5,9,13,28H,3-4H2,(H2,17,19)(H2,18,27)(H,20,23)(H,25,26);/q;+1/p-1/b2-1+,21-8+;/t9-,13-;/m1./s1. The van der Waals surface area contributed by atoms with Gasteiger partial charge in [-0.2, -0.15) is 0 Å². The van der Waals surface area contributed by atoms with Crippen LogP contribution in [0.5, 0.6) is 0 Å². The summed E-state index contributed by atoms with van der Waals surface area (Å²) < 4.78 is 4.54. The maximum atomic E-state index is 12.6. The number of allylic oxidation sites excluding steroid dienone is 1. The van der Waals surface area contributed by atoms with Crippen LogP contribution < -0.4 is 46.1 Å². The number of carboxylic acids is 1. The average molecular weight is 490 g/mol. The first kappa shape index (κ1) is 25.7. The number of β-lactam (4-membered cyclic amide) rings is 1. The fourth-order valence-electron chi connectivity index (χ4n) is 2.84. The van der Waals surface area contributed by atoms with Crippen LogP contribution in [0.1, 0.15) is 5.69 Å². The van der Waals surface area contributed by atoms with Crippen molar-refractivity contribution in [2.45, 2.75) is 11.4 Å². The number of anilines is 1. The van der Waals surface area contributed by atoms with Crippen molar-refractivity contribution in [1.29, 1.82) is 0 Å². The molecule has 2 aliphatic heterocycles. The van der Waals surface area contributed by atoms with Gasteiger partial charge in [-0.15, -0.1) is 23.1 Å². The van der Waals surface area contributed by atoms with E-state index in [-0.39, 0.29) is 58.4 Å². The van der Waals surface area contributed by atoms with Gasteiger partial charge < -0.3 is 31.6 Å². The monoisotopic (exact) mass is 490 g/mol. The number of nitrogens with zero attached hydrogens (tertiary/aromatic N) is 4. The minimum absolute atomic E-state index is 0. The molecule has 13 nitrogen and oxygen atoms in total. The molecule has 3 heterocycles. The second-order valence-electron chi connectivity index (χ2n) is 6.02. The molecule has 1 aromatic rings. The van der Waals surface area contributed by atoms with Crippen molar-refractivity contribution in [3.8, 4) is 0 Å².